The number of nitrogens with one attached hydrogen (secondary N) is 1. The second-order valence-electron chi connectivity index (χ2n) is 5.25. The number of nitrogens with zero attached hydrogens (tertiary/aromatic N) is 6. The van der Waals surface area contributed by atoms with Crippen molar-refractivity contribution in [1.29, 1.82) is 0 Å². The summed E-state index contributed by atoms with van der Waals surface area (Å²) in [6.45, 7) is 3.94. The molecule has 0 aromatic carbocycles. The Morgan fingerprint density at radius 1 is 1.42 bits per heavy atom. The molecule has 24 heavy (non-hydrogen) atoms. The second-order valence-corrected chi connectivity index (χ2v) is 5.25. The van der Waals surface area contributed by atoms with Crippen LogP contribution in [0.3, 0.4) is 0 Å². The topological polar surface area (TPSA) is 114 Å². The van der Waals surface area contributed by atoms with Crippen molar-refractivity contribution in [1.82, 2.24) is 14.8 Å². The van der Waals surface area contributed by atoms with E-state index in [1.165, 1.54) is 15.9 Å². The van der Waals surface area contributed by atoms with Gasteiger partial charge >= 0.3 is 0 Å². The first kappa shape index (κ1) is 16.0. The van der Waals surface area contributed by atoms with Crippen molar-refractivity contribution in [3.63, 3.8) is 0 Å². The van der Waals surface area contributed by atoms with Gasteiger partial charge in [0.25, 0.3) is 17.8 Å². The molecule has 0 saturated heterocycles. The minimum absolute atomic E-state index is 0.0701. The van der Waals surface area contributed by atoms with Crippen molar-refractivity contribution in [3.05, 3.63) is 11.8 Å². The number of amidine groups is 1. The Balaban J connectivity index is 1.89. The van der Waals surface area contributed by atoms with E-state index in [0.717, 1.165) is 0 Å². The number of hydrazone groups is 1. The van der Waals surface area contributed by atoms with Crippen molar-refractivity contribution in [2.45, 2.75) is 13.8 Å². The summed E-state index contributed by atoms with van der Waals surface area (Å²) in [7, 11) is 1.70. The van der Waals surface area contributed by atoms with Gasteiger partial charge in [0.15, 0.2) is 0 Å². The first-order valence-electron chi connectivity index (χ1n) is 7.43. The van der Waals surface area contributed by atoms with Gasteiger partial charge in [-0.2, -0.15) is 24.9 Å². The van der Waals surface area contributed by atoms with Gasteiger partial charge in [0.1, 0.15) is 24.2 Å². The molecule has 1 aromatic rings. The molecule has 2 aliphatic rings. The standard InChI is InChI=1S/C14H17N7O3/c1-4-24-7-11(22)16-10-5-8(2)19-21(10)14-17-12-9(13(23)18-14)6-15-20(12)3/h5-6,9H,4,7H2,1-3H3,(H,16,22). The smallest absolute Gasteiger partial charge is 0.265 e. The highest BCUT2D eigenvalue weighted by atomic mass is 16.5. The quantitative estimate of drug-likeness (QED) is 0.824. The summed E-state index contributed by atoms with van der Waals surface area (Å²) in [5, 5.41) is 12.5. The number of carbonyl (C=O) groups excluding carboxylic acids is 2. The lowest BCUT2D eigenvalue weighted by molar-refractivity contribution is -0.120. The molecular weight excluding hydrogens is 314 g/mol. The van der Waals surface area contributed by atoms with Crippen LogP contribution in [0.25, 0.3) is 0 Å². The third kappa shape index (κ3) is 2.95. The molecule has 1 unspecified atom stereocenters. The number of aryl methyl sites for hydroxylation is 1. The average molecular weight is 331 g/mol. The van der Waals surface area contributed by atoms with Gasteiger partial charge in [-0.3, -0.25) is 14.6 Å². The van der Waals surface area contributed by atoms with Crippen LogP contribution in [0.2, 0.25) is 0 Å². The summed E-state index contributed by atoms with van der Waals surface area (Å²) >= 11 is 0. The van der Waals surface area contributed by atoms with Crippen LogP contribution in [0.1, 0.15) is 12.6 Å². The largest absolute Gasteiger partial charge is 0.372 e. The van der Waals surface area contributed by atoms with Crippen LogP contribution in [-0.4, -0.2) is 64.9 Å². The van der Waals surface area contributed by atoms with Gasteiger partial charge in [0.05, 0.1) is 5.69 Å². The lowest BCUT2D eigenvalue weighted by atomic mass is 10.1. The van der Waals surface area contributed by atoms with E-state index in [0.29, 0.717) is 24.0 Å². The second kappa shape index (κ2) is 6.32. The Bertz CT molecular complexity index is 777. The Kier molecular flexibility index (Phi) is 4.21. The minimum atomic E-state index is -0.564. The summed E-state index contributed by atoms with van der Waals surface area (Å²) in [4.78, 5) is 32.3. The fourth-order valence-corrected chi connectivity index (χ4v) is 2.31. The zero-order valence-corrected chi connectivity index (χ0v) is 13.6. The van der Waals surface area contributed by atoms with E-state index in [2.05, 4.69) is 25.5 Å². The van der Waals surface area contributed by atoms with E-state index >= 15 is 0 Å². The molecule has 0 radical (unpaired) electrons. The summed E-state index contributed by atoms with van der Waals surface area (Å²) < 4.78 is 6.40. The Labute approximate surface area is 137 Å². The molecular formula is C14H17N7O3. The summed E-state index contributed by atoms with van der Waals surface area (Å²) in [6, 6.07) is 1.66. The predicted octanol–water partition coefficient (Wildman–Crippen LogP) is -0.143. The monoisotopic (exact) mass is 331 g/mol. The molecule has 2 aliphatic heterocycles. The van der Waals surface area contributed by atoms with Crippen LogP contribution in [0.15, 0.2) is 21.2 Å². The average Bonchev–Trinajstić information content (AvgIpc) is 3.09. The molecule has 0 fully saturated rings. The maximum Gasteiger partial charge on any atom is 0.265 e. The predicted molar refractivity (Wildman–Crippen MR) is 87.1 cm³/mol. The third-order valence-electron chi connectivity index (χ3n) is 3.42. The fourth-order valence-electron chi connectivity index (χ4n) is 2.31. The SMILES string of the molecule is CCOCC(=O)Nc1cc(C)nn1C1=NC(=O)C2C=NN(C)C2=N1. The lowest BCUT2D eigenvalue weighted by Gasteiger charge is -2.17. The molecule has 1 aromatic heterocycles. The number of amides is 2. The first-order chi connectivity index (χ1) is 11.5. The highest BCUT2D eigenvalue weighted by Gasteiger charge is 2.35. The van der Waals surface area contributed by atoms with Gasteiger partial charge in [0, 0.05) is 25.9 Å². The van der Waals surface area contributed by atoms with Crippen LogP contribution >= 0.6 is 0 Å². The van der Waals surface area contributed by atoms with E-state index < -0.39 is 5.92 Å². The molecule has 0 spiro atoms. The first-order valence-corrected chi connectivity index (χ1v) is 7.43. The molecule has 10 heteroatoms. The number of fused-ring (bicyclic) bond motifs is 1. The van der Waals surface area contributed by atoms with Crippen LogP contribution < -0.4 is 5.32 Å². The molecule has 0 bridgehead atoms. The maximum absolute atomic E-state index is 12.2. The van der Waals surface area contributed by atoms with Crippen LogP contribution in [0.4, 0.5) is 5.82 Å². The molecule has 0 saturated carbocycles. The molecule has 3 rings (SSSR count). The van der Waals surface area contributed by atoms with Gasteiger partial charge in [-0.25, -0.2) is 0 Å². The number of rotatable bonds is 4. The van der Waals surface area contributed by atoms with Crippen molar-refractivity contribution >= 4 is 35.6 Å². The highest BCUT2D eigenvalue weighted by molar-refractivity contribution is 6.24. The summed E-state index contributed by atoms with van der Waals surface area (Å²) in [6.07, 6.45) is 1.50. The van der Waals surface area contributed by atoms with Crippen molar-refractivity contribution < 1.29 is 14.3 Å². The number of carbonyl (C=O) groups is 2. The third-order valence-corrected chi connectivity index (χ3v) is 3.42. The zero-order chi connectivity index (χ0) is 17.3. The number of aliphatic imine (C=N–C) groups is 2. The number of hydrogen-bond acceptors (Lipinski definition) is 7. The van der Waals surface area contributed by atoms with Crippen LogP contribution in [-0.2, 0) is 14.3 Å². The van der Waals surface area contributed by atoms with E-state index in [9.17, 15) is 9.59 Å². The van der Waals surface area contributed by atoms with Gasteiger partial charge in [-0.05, 0) is 13.8 Å². The minimum Gasteiger partial charge on any atom is -0.372 e. The highest BCUT2D eigenvalue weighted by Crippen LogP contribution is 2.19. The molecule has 126 valence electrons. The number of aromatic nitrogens is 2. The van der Waals surface area contributed by atoms with Crippen LogP contribution in [0, 0.1) is 12.8 Å². The fraction of sp³-hybridized carbons (Fsp3) is 0.429. The van der Waals surface area contributed by atoms with Gasteiger partial charge < -0.3 is 10.1 Å². The van der Waals surface area contributed by atoms with Gasteiger partial charge in [0.2, 0.25) is 0 Å². The Morgan fingerprint density at radius 3 is 2.96 bits per heavy atom. The van der Waals surface area contributed by atoms with Crippen molar-refractivity contribution in [2.75, 3.05) is 25.6 Å². The molecule has 1 atom stereocenters. The van der Waals surface area contributed by atoms with Gasteiger partial charge in [-0.1, -0.05) is 0 Å². The van der Waals surface area contributed by atoms with E-state index in [1.54, 1.807) is 27.0 Å². The summed E-state index contributed by atoms with van der Waals surface area (Å²) in [5.41, 5.74) is 0.648. The number of hydrogen-bond donors (Lipinski definition) is 1. The molecule has 0 aliphatic carbocycles. The zero-order valence-electron chi connectivity index (χ0n) is 13.6. The van der Waals surface area contributed by atoms with Crippen molar-refractivity contribution in [2.24, 2.45) is 21.0 Å². The number of ether oxygens (including phenoxy) is 1. The molecule has 3 heterocycles. The Morgan fingerprint density at radius 2 is 2.21 bits per heavy atom. The number of anilines is 1. The molecule has 2 amide bonds. The maximum atomic E-state index is 12.2. The molecule has 10 nitrogen and oxygen atoms in total. The van der Waals surface area contributed by atoms with E-state index in [4.69, 9.17) is 4.74 Å². The van der Waals surface area contributed by atoms with E-state index in [-0.39, 0.29) is 24.4 Å². The molecule has 1 N–H and O–H groups in total. The summed E-state index contributed by atoms with van der Waals surface area (Å²) in [5.74, 6) is -0.330. The normalized spacial score (nSPS) is 19.2. The Hall–Kier alpha value is -2.88. The van der Waals surface area contributed by atoms with Gasteiger partial charge in [-0.15, -0.1) is 0 Å². The van der Waals surface area contributed by atoms with Crippen LogP contribution in [0.5, 0.6) is 0 Å². The van der Waals surface area contributed by atoms with E-state index in [1.807, 2.05) is 0 Å². The van der Waals surface area contributed by atoms with Crippen molar-refractivity contribution in [3.8, 4) is 0 Å². The lowest BCUT2D eigenvalue weighted by Crippen LogP contribution is -2.35.